The van der Waals surface area contributed by atoms with E-state index in [1.807, 2.05) is 61.5 Å². The second-order valence-corrected chi connectivity index (χ2v) is 9.26. The van der Waals surface area contributed by atoms with E-state index in [9.17, 15) is 13.2 Å². The molecule has 1 N–H and O–H groups in total. The number of rotatable bonds is 10. The Bertz CT molecular complexity index is 1160. The predicted molar refractivity (Wildman–Crippen MR) is 129 cm³/mol. The van der Waals surface area contributed by atoms with Crippen LogP contribution >= 0.6 is 0 Å². The third kappa shape index (κ3) is 6.49. The number of para-hydroxylation sites is 2. The van der Waals surface area contributed by atoms with Crippen LogP contribution < -0.4 is 19.1 Å². The van der Waals surface area contributed by atoms with Gasteiger partial charge in [0.2, 0.25) is 15.9 Å². The molecule has 8 heteroatoms. The average molecular weight is 469 g/mol. The second-order valence-electron chi connectivity index (χ2n) is 7.40. The molecular weight excluding hydrogens is 440 g/mol. The molecule has 7 nitrogen and oxygen atoms in total. The zero-order valence-electron chi connectivity index (χ0n) is 18.9. The molecule has 0 heterocycles. The Hall–Kier alpha value is -3.52. The summed E-state index contributed by atoms with van der Waals surface area (Å²) < 4.78 is 37.6. The molecule has 0 aliphatic rings. The molecule has 0 aliphatic heterocycles. The Morgan fingerprint density at radius 1 is 0.939 bits per heavy atom. The van der Waals surface area contributed by atoms with E-state index in [0.29, 0.717) is 29.5 Å². The number of ether oxygens (including phenoxy) is 2. The van der Waals surface area contributed by atoms with Crippen LogP contribution in [0, 0.1) is 0 Å². The van der Waals surface area contributed by atoms with Crippen molar-refractivity contribution in [2.24, 2.45) is 0 Å². The van der Waals surface area contributed by atoms with Gasteiger partial charge >= 0.3 is 0 Å². The van der Waals surface area contributed by atoms with Crippen molar-refractivity contribution in [3.8, 4) is 17.2 Å². The summed E-state index contributed by atoms with van der Waals surface area (Å²) in [7, 11) is -3.73. The van der Waals surface area contributed by atoms with Crippen molar-refractivity contribution in [1.82, 2.24) is 5.32 Å². The first-order valence-electron chi connectivity index (χ1n) is 10.6. The predicted octanol–water partition coefficient (Wildman–Crippen LogP) is 4.35. The Morgan fingerprint density at radius 3 is 2.18 bits per heavy atom. The maximum absolute atomic E-state index is 12.9. The topological polar surface area (TPSA) is 84.9 Å². The van der Waals surface area contributed by atoms with Gasteiger partial charge in [0.05, 0.1) is 18.6 Å². The van der Waals surface area contributed by atoms with Gasteiger partial charge in [-0.2, -0.15) is 0 Å². The number of anilines is 1. The first-order chi connectivity index (χ1) is 15.8. The average Bonchev–Trinajstić information content (AvgIpc) is 2.79. The van der Waals surface area contributed by atoms with Crippen LogP contribution in [0.1, 0.15) is 19.4 Å². The normalized spacial score (nSPS) is 12.0. The van der Waals surface area contributed by atoms with E-state index in [1.54, 1.807) is 31.2 Å². The molecule has 3 rings (SSSR count). The van der Waals surface area contributed by atoms with Crippen LogP contribution in [0.25, 0.3) is 0 Å². The molecule has 0 bridgehead atoms. The summed E-state index contributed by atoms with van der Waals surface area (Å²) in [5.74, 6) is 1.49. The van der Waals surface area contributed by atoms with E-state index in [1.165, 1.54) is 0 Å². The molecule has 1 amide bonds. The van der Waals surface area contributed by atoms with Gasteiger partial charge in [-0.05, 0) is 56.3 Å². The minimum atomic E-state index is -3.73. The summed E-state index contributed by atoms with van der Waals surface area (Å²) in [4.78, 5) is 12.9. The van der Waals surface area contributed by atoms with Gasteiger partial charge in [-0.1, -0.05) is 36.4 Å². The lowest BCUT2D eigenvalue weighted by Crippen LogP contribution is -2.47. The van der Waals surface area contributed by atoms with E-state index in [2.05, 4.69) is 5.32 Å². The summed E-state index contributed by atoms with van der Waals surface area (Å²) in [6, 6.07) is 22.3. The fraction of sp³-hybridized carbons (Fsp3) is 0.240. The zero-order chi connectivity index (χ0) is 23.8. The molecule has 1 atom stereocenters. The molecule has 3 aromatic carbocycles. The number of hydrogen-bond donors (Lipinski definition) is 1. The van der Waals surface area contributed by atoms with E-state index < -0.39 is 22.0 Å². The Morgan fingerprint density at radius 2 is 1.55 bits per heavy atom. The van der Waals surface area contributed by atoms with Gasteiger partial charge in [0, 0.05) is 12.1 Å². The smallest absolute Gasteiger partial charge is 0.243 e. The minimum absolute atomic E-state index is 0.223. The Kier molecular flexibility index (Phi) is 7.95. The molecule has 3 aromatic rings. The standard InChI is InChI=1S/C25H28N2O5S/c1-4-31-24-13-9-8-10-20(24)18-26-25(28)19(2)27(33(3,29)30)21-14-16-23(17-15-21)32-22-11-6-5-7-12-22/h5-17,19H,4,18H2,1-3H3,(H,26,28). The number of benzene rings is 3. The van der Waals surface area contributed by atoms with Gasteiger partial charge in [-0.25, -0.2) is 8.42 Å². The van der Waals surface area contributed by atoms with Gasteiger partial charge in [0.15, 0.2) is 0 Å². The molecule has 0 radical (unpaired) electrons. The van der Waals surface area contributed by atoms with Crippen LogP contribution in [-0.4, -0.2) is 33.2 Å². The zero-order valence-corrected chi connectivity index (χ0v) is 19.7. The van der Waals surface area contributed by atoms with Crippen LogP contribution in [0.5, 0.6) is 17.2 Å². The molecular formula is C25H28N2O5S. The van der Waals surface area contributed by atoms with Crippen molar-refractivity contribution in [2.45, 2.75) is 26.4 Å². The fourth-order valence-electron chi connectivity index (χ4n) is 3.37. The highest BCUT2D eigenvalue weighted by atomic mass is 32.2. The largest absolute Gasteiger partial charge is 0.494 e. The lowest BCUT2D eigenvalue weighted by molar-refractivity contribution is -0.122. The SMILES string of the molecule is CCOc1ccccc1CNC(=O)C(C)N(c1ccc(Oc2ccccc2)cc1)S(C)(=O)=O. The van der Waals surface area contributed by atoms with Crippen molar-refractivity contribution < 1.29 is 22.7 Å². The first kappa shape index (κ1) is 24.1. The van der Waals surface area contributed by atoms with Crippen molar-refractivity contribution in [3.05, 3.63) is 84.4 Å². The number of amides is 1. The van der Waals surface area contributed by atoms with Crippen LogP contribution in [0.2, 0.25) is 0 Å². The van der Waals surface area contributed by atoms with Crippen molar-refractivity contribution in [3.63, 3.8) is 0 Å². The van der Waals surface area contributed by atoms with Crippen LogP contribution in [0.4, 0.5) is 5.69 Å². The molecule has 0 saturated heterocycles. The number of nitrogens with one attached hydrogen (secondary N) is 1. The first-order valence-corrected chi connectivity index (χ1v) is 12.4. The van der Waals surface area contributed by atoms with E-state index in [0.717, 1.165) is 16.1 Å². The van der Waals surface area contributed by atoms with E-state index >= 15 is 0 Å². The number of hydrogen-bond acceptors (Lipinski definition) is 5. The Balaban J connectivity index is 1.74. The number of carbonyl (C=O) groups is 1. The highest BCUT2D eigenvalue weighted by Crippen LogP contribution is 2.27. The Labute approximate surface area is 195 Å². The molecule has 0 aliphatic carbocycles. The monoisotopic (exact) mass is 468 g/mol. The molecule has 174 valence electrons. The highest BCUT2D eigenvalue weighted by molar-refractivity contribution is 7.92. The van der Waals surface area contributed by atoms with Gasteiger partial charge in [0.25, 0.3) is 0 Å². The third-order valence-corrected chi connectivity index (χ3v) is 6.13. The van der Waals surface area contributed by atoms with E-state index in [-0.39, 0.29) is 6.54 Å². The minimum Gasteiger partial charge on any atom is -0.494 e. The maximum atomic E-state index is 12.9. The van der Waals surface area contributed by atoms with Crippen LogP contribution in [-0.2, 0) is 21.4 Å². The van der Waals surface area contributed by atoms with Crippen LogP contribution in [0.3, 0.4) is 0 Å². The third-order valence-electron chi connectivity index (χ3n) is 4.88. The number of nitrogens with zero attached hydrogens (tertiary/aromatic N) is 1. The van der Waals surface area contributed by atoms with Gasteiger partial charge in [-0.15, -0.1) is 0 Å². The van der Waals surface area contributed by atoms with Crippen molar-refractivity contribution in [1.29, 1.82) is 0 Å². The van der Waals surface area contributed by atoms with Gasteiger partial charge < -0.3 is 14.8 Å². The molecule has 0 fully saturated rings. The second kappa shape index (κ2) is 10.9. The number of sulfonamides is 1. The van der Waals surface area contributed by atoms with Gasteiger partial charge in [-0.3, -0.25) is 9.10 Å². The van der Waals surface area contributed by atoms with E-state index in [4.69, 9.17) is 9.47 Å². The van der Waals surface area contributed by atoms with Crippen molar-refractivity contribution in [2.75, 3.05) is 17.2 Å². The quantitative estimate of drug-likeness (QED) is 0.478. The molecule has 33 heavy (non-hydrogen) atoms. The summed E-state index contributed by atoms with van der Waals surface area (Å²) in [5.41, 5.74) is 1.18. The molecule has 0 aromatic heterocycles. The molecule has 1 unspecified atom stereocenters. The number of carbonyl (C=O) groups excluding carboxylic acids is 1. The van der Waals surface area contributed by atoms with Gasteiger partial charge in [0.1, 0.15) is 23.3 Å². The van der Waals surface area contributed by atoms with Crippen molar-refractivity contribution >= 4 is 21.6 Å². The maximum Gasteiger partial charge on any atom is 0.243 e. The fourth-order valence-corrected chi connectivity index (χ4v) is 4.55. The lowest BCUT2D eigenvalue weighted by atomic mass is 10.2. The lowest BCUT2D eigenvalue weighted by Gasteiger charge is -2.28. The highest BCUT2D eigenvalue weighted by Gasteiger charge is 2.29. The summed E-state index contributed by atoms with van der Waals surface area (Å²) >= 11 is 0. The summed E-state index contributed by atoms with van der Waals surface area (Å²) in [6.07, 6.45) is 1.08. The molecule has 0 saturated carbocycles. The summed E-state index contributed by atoms with van der Waals surface area (Å²) in [6.45, 7) is 4.17. The molecule has 0 spiro atoms. The summed E-state index contributed by atoms with van der Waals surface area (Å²) in [5, 5.41) is 2.81. The van der Waals surface area contributed by atoms with Crippen LogP contribution in [0.15, 0.2) is 78.9 Å².